The van der Waals surface area contributed by atoms with Crippen LogP contribution in [0.15, 0.2) is 18.2 Å². The number of ether oxygens (including phenoxy) is 4. The van der Waals surface area contributed by atoms with E-state index in [1.807, 2.05) is 0 Å². The fraction of sp³-hybridized carbons (Fsp3) is 0.471. The van der Waals surface area contributed by atoms with Crippen LogP contribution in [0.4, 0.5) is 9.59 Å². The third-order valence-electron chi connectivity index (χ3n) is 2.12. The van der Waals surface area contributed by atoms with Crippen LogP contribution in [0.25, 0.3) is 0 Å². The van der Waals surface area contributed by atoms with Crippen LogP contribution in [-0.4, -0.2) is 23.5 Å². The first-order valence-corrected chi connectivity index (χ1v) is 7.13. The normalized spacial score (nSPS) is 11.6. The van der Waals surface area contributed by atoms with Gasteiger partial charge in [0.1, 0.15) is 22.7 Å². The van der Waals surface area contributed by atoms with Crippen molar-refractivity contribution in [3.63, 3.8) is 0 Å². The number of hydrogen-bond donors (Lipinski definition) is 0. The Morgan fingerprint density at radius 2 is 1.13 bits per heavy atom. The molecular weight excluding hydrogens is 300 g/mol. The summed E-state index contributed by atoms with van der Waals surface area (Å²) in [5.74, 6) is 0.315. The molecule has 0 saturated heterocycles. The molecule has 0 heterocycles. The Labute approximate surface area is 136 Å². The molecule has 1 rings (SSSR count). The minimum absolute atomic E-state index is 0.158. The topological polar surface area (TPSA) is 71.1 Å². The SMILES string of the molecule is [CH2]c1cc(OC(=O)OC(C)(C)C)cc(OC(=O)OC(C)(C)C)c1. The van der Waals surface area contributed by atoms with Gasteiger partial charge in [0.05, 0.1) is 0 Å². The van der Waals surface area contributed by atoms with Crippen molar-refractivity contribution in [2.24, 2.45) is 0 Å². The van der Waals surface area contributed by atoms with Crippen LogP contribution in [0.5, 0.6) is 11.5 Å². The summed E-state index contributed by atoms with van der Waals surface area (Å²) in [6.07, 6.45) is -1.71. The van der Waals surface area contributed by atoms with Crippen molar-refractivity contribution in [3.8, 4) is 11.5 Å². The fourth-order valence-corrected chi connectivity index (χ4v) is 1.48. The van der Waals surface area contributed by atoms with Gasteiger partial charge in [-0.05, 0) is 66.2 Å². The van der Waals surface area contributed by atoms with Crippen LogP contribution in [0.1, 0.15) is 47.1 Å². The first-order valence-electron chi connectivity index (χ1n) is 7.13. The van der Waals surface area contributed by atoms with Crippen molar-refractivity contribution in [1.29, 1.82) is 0 Å². The molecule has 1 aromatic rings. The molecule has 127 valence electrons. The Kier molecular flexibility index (Phi) is 5.64. The zero-order chi connectivity index (χ0) is 17.8. The quantitative estimate of drug-likeness (QED) is 0.589. The lowest BCUT2D eigenvalue weighted by Gasteiger charge is -2.19. The van der Waals surface area contributed by atoms with Gasteiger partial charge in [-0.25, -0.2) is 9.59 Å². The molecule has 1 aromatic carbocycles. The number of rotatable bonds is 2. The Morgan fingerprint density at radius 3 is 1.43 bits per heavy atom. The molecule has 6 nitrogen and oxygen atoms in total. The molecule has 0 atom stereocenters. The first-order chi connectivity index (χ1) is 10.3. The molecule has 0 aliphatic rings. The predicted octanol–water partition coefficient (Wildman–Crippen LogP) is 4.50. The Bertz CT molecular complexity index is 529. The van der Waals surface area contributed by atoms with Gasteiger partial charge in [0.2, 0.25) is 0 Å². The van der Waals surface area contributed by atoms with Gasteiger partial charge in [0.15, 0.2) is 0 Å². The largest absolute Gasteiger partial charge is 0.514 e. The van der Waals surface area contributed by atoms with Crippen molar-refractivity contribution in [1.82, 2.24) is 0 Å². The minimum atomic E-state index is -0.855. The second-order valence-electron chi connectivity index (χ2n) is 6.95. The molecule has 0 N–H and O–H groups in total. The van der Waals surface area contributed by atoms with Gasteiger partial charge in [0.25, 0.3) is 0 Å². The number of hydrogen-bond acceptors (Lipinski definition) is 6. The van der Waals surface area contributed by atoms with E-state index in [1.165, 1.54) is 18.2 Å². The summed E-state index contributed by atoms with van der Waals surface area (Å²) in [7, 11) is 0. The predicted molar refractivity (Wildman–Crippen MR) is 84.6 cm³/mol. The molecule has 23 heavy (non-hydrogen) atoms. The highest BCUT2D eigenvalue weighted by molar-refractivity contribution is 5.67. The highest BCUT2D eigenvalue weighted by atomic mass is 16.7. The van der Waals surface area contributed by atoms with E-state index in [9.17, 15) is 9.59 Å². The molecule has 0 amide bonds. The monoisotopic (exact) mass is 323 g/mol. The van der Waals surface area contributed by atoms with Crippen molar-refractivity contribution < 1.29 is 28.5 Å². The Balaban J connectivity index is 2.79. The van der Waals surface area contributed by atoms with Gasteiger partial charge >= 0.3 is 12.3 Å². The number of benzene rings is 1. The van der Waals surface area contributed by atoms with E-state index in [0.29, 0.717) is 5.56 Å². The minimum Gasteiger partial charge on any atom is -0.428 e. The second kappa shape index (κ2) is 6.89. The summed E-state index contributed by atoms with van der Waals surface area (Å²) < 4.78 is 20.2. The van der Waals surface area contributed by atoms with Crippen LogP contribution in [0.3, 0.4) is 0 Å². The van der Waals surface area contributed by atoms with Crippen molar-refractivity contribution in [2.75, 3.05) is 0 Å². The molecule has 0 spiro atoms. The number of carbonyl (C=O) groups is 2. The van der Waals surface area contributed by atoms with Gasteiger partial charge in [-0.15, -0.1) is 0 Å². The third kappa shape index (κ3) is 8.09. The van der Waals surface area contributed by atoms with Crippen LogP contribution in [0.2, 0.25) is 0 Å². The maximum absolute atomic E-state index is 11.7. The van der Waals surface area contributed by atoms with E-state index in [2.05, 4.69) is 6.92 Å². The maximum atomic E-state index is 11.7. The third-order valence-corrected chi connectivity index (χ3v) is 2.12. The smallest absolute Gasteiger partial charge is 0.428 e. The van der Waals surface area contributed by atoms with Gasteiger partial charge < -0.3 is 18.9 Å². The molecule has 0 aromatic heterocycles. The summed E-state index contributed by atoms with van der Waals surface area (Å²) >= 11 is 0. The maximum Gasteiger partial charge on any atom is 0.514 e. The van der Waals surface area contributed by atoms with Gasteiger partial charge in [-0.1, -0.05) is 0 Å². The molecule has 0 saturated carbocycles. The van der Waals surface area contributed by atoms with E-state index in [1.54, 1.807) is 41.5 Å². The zero-order valence-corrected chi connectivity index (χ0v) is 14.4. The molecule has 6 heteroatoms. The highest BCUT2D eigenvalue weighted by Gasteiger charge is 2.20. The van der Waals surface area contributed by atoms with E-state index in [-0.39, 0.29) is 11.5 Å². The van der Waals surface area contributed by atoms with Crippen LogP contribution >= 0.6 is 0 Å². The molecule has 1 radical (unpaired) electrons. The van der Waals surface area contributed by atoms with Crippen molar-refractivity contribution in [3.05, 3.63) is 30.7 Å². The van der Waals surface area contributed by atoms with E-state index in [4.69, 9.17) is 18.9 Å². The Morgan fingerprint density at radius 1 is 0.783 bits per heavy atom. The molecule has 0 bridgehead atoms. The van der Waals surface area contributed by atoms with E-state index >= 15 is 0 Å². The van der Waals surface area contributed by atoms with Gasteiger partial charge in [-0.2, -0.15) is 0 Å². The average Bonchev–Trinajstić information content (AvgIpc) is 2.20. The summed E-state index contributed by atoms with van der Waals surface area (Å²) in [6.45, 7) is 14.1. The summed E-state index contributed by atoms with van der Waals surface area (Å²) in [5, 5.41) is 0. The molecule has 0 aliphatic heterocycles. The van der Waals surface area contributed by atoms with Crippen molar-refractivity contribution >= 4 is 12.3 Å². The molecule has 0 fully saturated rings. The van der Waals surface area contributed by atoms with Crippen molar-refractivity contribution in [2.45, 2.75) is 52.7 Å². The fourth-order valence-electron chi connectivity index (χ4n) is 1.48. The second-order valence-corrected chi connectivity index (χ2v) is 6.95. The standard InChI is InChI=1S/C17H23O6/c1-11-8-12(20-14(18)22-16(2,3)4)10-13(9-11)21-15(19)23-17(5,6)7/h8-10H,1H2,2-7H3. The lowest BCUT2D eigenvalue weighted by molar-refractivity contribution is 0.0205. The van der Waals surface area contributed by atoms with Gasteiger partial charge in [0, 0.05) is 6.07 Å². The zero-order valence-electron chi connectivity index (χ0n) is 14.4. The van der Waals surface area contributed by atoms with E-state index in [0.717, 1.165) is 0 Å². The van der Waals surface area contributed by atoms with Crippen LogP contribution in [-0.2, 0) is 9.47 Å². The van der Waals surface area contributed by atoms with Gasteiger partial charge in [-0.3, -0.25) is 0 Å². The number of carbonyl (C=O) groups excluding carboxylic acids is 2. The summed E-state index contributed by atoms with van der Waals surface area (Å²) in [4.78, 5) is 23.3. The van der Waals surface area contributed by atoms with Crippen LogP contribution < -0.4 is 9.47 Å². The highest BCUT2D eigenvalue weighted by Crippen LogP contribution is 2.24. The molecule has 0 unspecified atom stereocenters. The summed E-state index contributed by atoms with van der Waals surface area (Å²) in [6, 6.07) is 4.42. The summed E-state index contributed by atoms with van der Waals surface area (Å²) in [5.41, 5.74) is -0.839. The molecular formula is C17H23O6. The lowest BCUT2D eigenvalue weighted by atomic mass is 10.2. The lowest BCUT2D eigenvalue weighted by Crippen LogP contribution is -2.26. The van der Waals surface area contributed by atoms with Crippen LogP contribution in [0, 0.1) is 6.92 Å². The Hall–Kier alpha value is -2.24. The van der Waals surface area contributed by atoms with E-state index < -0.39 is 23.5 Å². The average molecular weight is 323 g/mol. The molecule has 0 aliphatic carbocycles. The first kappa shape index (κ1) is 18.8.